The molecule has 0 saturated carbocycles. The molecular formula is C29H26F3N3O6S2. The Morgan fingerprint density at radius 1 is 1.02 bits per heavy atom. The molecule has 0 spiro atoms. The summed E-state index contributed by atoms with van der Waals surface area (Å²) in [4.78, 5) is 58.0. The smallest absolute Gasteiger partial charge is 0.416 e. The van der Waals surface area contributed by atoms with Crippen molar-refractivity contribution in [3.05, 3.63) is 68.1 Å². The summed E-state index contributed by atoms with van der Waals surface area (Å²) in [5, 5.41) is -0.548. The van der Waals surface area contributed by atoms with Crippen LogP contribution < -0.4 is 19.2 Å². The fourth-order valence-corrected chi connectivity index (χ4v) is 8.34. The van der Waals surface area contributed by atoms with Crippen LogP contribution >= 0.6 is 23.1 Å². The number of benzene rings is 2. The van der Waals surface area contributed by atoms with E-state index in [-0.39, 0.29) is 28.8 Å². The molecule has 3 amide bonds. The number of H-pyrrole nitrogens is 1. The summed E-state index contributed by atoms with van der Waals surface area (Å²) in [7, 11) is 1.43. The van der Waals surface area contributed by atoms with Crippen LogP contribution in [0.3, 0.4) is 0 Å². The normalized spacial score (nSPS) is 21.9. The number of likely N-dealkylation sites (tertiary alicyclic amines) is 1. The predicted molar refractivity (Wildman–Crippen MR) is 153 cm³/mol. The van der Waals surface area contributed by atoms with Gasteiger partial charge in [0, 0.05) is 23.9 Å². The maximum atomic E-state index is 13.9. The largest absolute Gasteiger partial charge is 0.493 e. The molecule has 3 aromatic rings. The van der Waals surface area contributed by atoms with E-state index in [2.05, 4.69) is 4.98 Å². The quantitative estimate of drug-likeness (QED) is 0.394. The lowest BCUT2D eigenvalue weighted by Gasteiger charge is -2.30. The fraction of sp³-hybridized carbons (Fsp3) is 0.379. The van der Waals surface area contributed by atoms with Crippen LogP contribution in [0.1, 0.15) is 41.2 Å². The van der Waals surface area contributed by atoms with Gasteiger partial charge in [0.2, 0.25) is 11.8 Å². The molecule has 4 heterocycles. The van der Waals surface area contributed by atoms with Crippen molar-refractivity contribution in [1.82, 2.24) is 9.88 Å². The molecule has 3 aliphatic heterocycles. The molecule has 0 aliphatic carbocycles. The van der Waals surface area contributed by atoms with Crippen molar-refractivity contribution >= 4 is 46.5 Å². The Kier molecular flexibility index (Phi) is 7.75. The van der Waals surface area contributed by atoms with Gasteiger partial charge in [-0.05, 0) is 55.2 Å². The topological polar surface area (TPSA) is 109 Å². The Morgan fingerprint density at radius 2 is 1.79 bits per heavy atom. The number of thiazole rings is 1. The first-order chi connectivity index (χ1) is 20.6. The highest BCUT2D eigenvalue weighted by Gasteiger charge is 2.56. The average Bonchev–Trinajstić information content (AvgIpc) is 3.49. The number of fused-ring (bicyclic) bond motifs is 2. The number of imide groups is 1. The third-order valence-electron chi connectivity index (χ3n) is 7.86. The van der Waals surface area contributed by atoms with E-state index in [0.29, 0.717) is 34.3 Å². The average molecular weight is 634 g/mol. The minimum Gasteiger partial charge on any atom is -0.493 e. The van der Waals surface area contributed by atoms with Crippen molar-refractivity contribution in [3.8, 4) is 11.5 Å². The molecule has 3 atom stereocenters. The van der Waals surface area contributed by atoms with Gasteiger partial charge >= 0.3 is 11.0 Å². The molecule has 1 aromatic heterocycles. The van der Waals surface area contributed by atoms with Crippen molar-refractivity contribution < 1.29 is 37.0 Å². The first kappa shape index (κ1) is 29.3. The van der Waals surface area contributed by atoms with Gasteiger partial charge in [0.05, 0.1) is 29.3 Å². The summed E-state index contributed by atoms with van der Waals surface area (Å²) in [5.74, 6) is -2.63. The highest BCUT2D eigenvalue weighted by atomic mass is 32.2. The Labute approximate surface area is 252 Å². The van der Waals surface area contributed by atoms with Crippen LogP contribution in [0.5, 0.6) is 11.5 Å². The molecule has 14 heteroatoms. The van der Waals surface area contributed by atoms with Crippen LogP contribution in [-0.4, -0.2) is 59.7 Å². The number of alkyl halides is 3. The minimum absolute atomic E-state index is 0.135. The van der Waals surface area contributed by atoms with Crippen molar-refractivity contribution in [2.75, 3.05) is 31.7 Å². The number of carbonyl (C=O) groups excluding carboxylic acids is 3. The van der Waals surface area contributed by atoms with Gasteiger partial charge in [0.25, 0.3) is 5.91 Å². The van der Waals surface area contributed by atoms with E-state index in [4.69, 9.17) is 9.47 Å². The van der Waals surface area contributed by atoms with E-state index in [0.717, 1.165) is 65.5 Å². The van der Waals surface area contributed by atoms with Crippen molar-refractivity contribution in [3.63, 3.8) is 0 Å². The van der Waals surface area contributed by atoms with E-state index >= 15 is 0 Å². The van der Waals surface area contributed by atoms with Crippen molar-refractivity contribution in [1.29, 1.82) is 0 Å². The maximum Gasteiger partial charge on any atom is 0.416 e. The summed E-state index contributed by atoms with van der Waals surface area (Å²) >= 11 is 1.94. The first-order valence-electron chi connectivity index (χ1n) is 13.6. The number of aromatic amines is 1. The molecule has 3 aliphatic rings. The Bertz CT molecular complexity index is 1650. The second-order valence-electron chi connectivity index (χ2n) is 10.5. The standard InChI is InChI=1S/C29H26F3N3O6S2/c1-40-19-12-15(8-9-18(19)41-14-20(36)34-10-3-2-4-11-34)21-22-24(42-25-23(21)43-28(39)33-25)27(38)35(26(22)37)17-7-5-6-16(13-17)29(30,31)32/h5-9,12-13,21-22,24H,2-4,10-11,14H2,1H3,(H,33,39)/t21-,22?,24?/m1/s1. The molecule has 226 valence electrons. The van der Waals surface area contributed by atoms with E-state index in [9.17, 15) is 32.3 Å². The van der Waals surface area contributed by atoms with E-state index < -0.39 is 40.6 Å². The summed E-state index contributed by atoms with van der Waals surface area (Å²) in [5.41, 5.74) is -0.604. The van der Waals surface area contributed by atoms with E-state index in [1.165, 1.54) is 13.2 Å². The van der Waals surface area contributed by atoms with Gasteiger partial charge in [-0.15, -0.1) is 0 Å². The summed E-state index contributed by atoms with van der Waals surface area (Å²) in [6.07, 6.45) is -1.67. The number of hydrogen-bond acceptors (Lipinski definition) is 8. The molecule has 9 nitrogen and oxygen atoms in total. The maximum absolute atomic E-state index is 13.9. The molecule has 2 saturated heterocycles. The number of rotatable bonds is 6. The van der Waals surface area contributed by atoms with Crippen LogP contribution in [0.2, 0.25) is 0 Å². The van der Waals surface area contributed by atoms with E-state index in [1.54, 1.807) is 23.1 Å². The number of ether oxygens (including phenoxy) is 2. The molecule has 43 heavy (non-hydrogen) atoms. The molecule has 0 bridgehead atoms. The summed E-state index contributed by atoms with van der Waals surface area (Å²) in [6.45, 7) is 1.20. The number of amides is 3. The van der Waals surface area contributed by atoms with Gasteiger partial charge in [-0.1, -0.05) is 35.2 Å². The predicted octanol–water partition coefficient (Wildman–Crippen LogP) is 4.65. The Balaban J connectivity index is 1.33. The highest BCUT2D eigenvalue weighted by Crippen LogP contribution is 2.54. The Morgan fingerprint density at radius 3 is 2.51 bits per heavy atom. The number of methoxy groups -OCH3 is 1. The van der Waals surface area contributed by atoms with Gasteiger partial charge < -0.3 is 19.4 Å². The lowest BCUT2D eigenvalue weighted by Crippen LogP contribution is -2.38. The highest BCUT2D eigenvalue weighted by molar-refractivity contribution is 8.00. The third kappa shape index (κ3) is 5.42. The number of aromatic nitrogens is 1. The molecular weight excluding hydrogens is 607 g/mol. The van der Waals surface area contributed by atoms with Gasteiger partial charge in [-0.25, -0.2) is 4.90 Å². The minimum atomic E-state index is -4.66. The monoisotopic (exact) mass is 633 g/mol. The molecule has 2 fully saturated rings. The first-order valence-corrected chi connectivity index (χ1v) is 15.3. The number of carbonyl (C=O) groups is 3. The van der Waals surface area contributed by atoms with Crippen molar-refractivity contribution in [2.24, 2.45) is 5.92 Å². The van der Waals surface area contributed by atoms with Crippen LogP contribution in [0.4, 0.5) is 18.9 Å². The molecule has 0 radical (unpaired) electrons. The zero-order valence-corrected chi connectivity index (χ0v) is 24.4. The number of nitrogens with zero attached hydrogens (tertiary/aromatic N) is 2. The van der Waals surface area contributed by atoms with Gasteiger partial charge in [-0.2, -0.15) is 13.2 Å². The van der Waals surface area contributed by atoms with Crippen LogP contribution in [0.15, 0.2) is 52.3 Å². The van der Waals surface area contributed by atoms with Gasteiger partial charge in [0.15, 0.2) is 18.1 Å². The van der Waals surface area contributed by atoms with E-state index in [1.807, 2.05) is 0 Å². The molecule has 1 N–H and O–H groups in total. The fourth-order valence-electron chi connectivity index (χ4n) is 5.82. The summed E-state index contributed by atoms with van der Waals surface area (Å²) in [6, 6.07) is 9.02. The second-order valence-corrected chi connectivity index (χ2v) is 12.6. The molecule has 6 rings (SSSR count). The van der Waals surface area contributed by atoms with Crippen LogP contribution in [0.25, 0.3) is 0 Å². The number of piperidine rings is 1. The second kappa shape index (κ2) is 11.4. The van der Waals surface area contributed by atoms with Gasteiger partial charge in [0.1, 0.15) is 5.25 Å². The zero-order valence-electron chi connectivity index (χ0n) is 22.8. The summed E-state index contributed by atoms with van der Waals surface area (Å²) < 4.78 is 51.7. The van der Waals surface area contributed by atoms with Crippen molar-refractivity contribution in [2.45, 2.75) is 41.6 Å². The third-order valence-corrected chi connectivity index (χ3v) is 10.3. The number of nitrogens with one attached hydrogen (secondary N) is 1. The SMILES string of the molecule is COc1cc([C@H]2c3sc(=O)[nH]c3SC3C(=O)N(c4cccc(C(F)(F)F)c4)C(=O)C32)ccc1OCC(=O)N1CCCCC1. The number of hydrogen-bond donors (Lipinski definition) is 1. The number of anilines is 1. The Hall–Kier alpha value is -3.78. The van der Waals surface area contributed by atoms with Crippen LogP contribution in [-0.2, 0) is 20.6 Å². The molecule has 2 unspecified atom stereocenters. The zero-order chi connectivity index (χ0) is 30.5. The lowest BCUT2D eigenvalue weighted by atomic mass is 9.83. The lowest BCUT2D eigenvalue weighted by molar-refractivity contribution is -0.137. The van der Waals surface area contributed by atoms with Gasteiger partial charge in [-0.3, -0.25) is 19.2 Å². The number of thioether (sulfide) groups is 1. The molecule has 2 aromatic carbocycles. The number of halogens is 3. The van der Waals surface area contributed by atoms with Crippen LogP contribution in [0, 0.1) is 5.92 Å².